The van der Waals surface area contributed by atoms with Gasteiger partial charge in [0.15, 0.2) is 5.78 Å². The lowest BCUT2D eigenvalue weighted by Gasteiger charge is -2.27. The third kappa shape index (κ3) is 3.82. The fraction of sp³-hybridized carbons (Fsp3) is 0.318. The Morgan fingerprint density at radius 1 is 1.26 bits per heavy atom. The summed E-state index contributed by atoms with van der Waals surface area (Å²) in [4.78, 5) is 48.6. The van der Waals surface area contributed by atoms with E-state index in [1.807, 2.05) is 18.2 Å². The molecule has 0 spiro atoms. The number of hydrogen-bond donors (Lipinski definition) is 1. The van der Waals surface area contributed by atoms with E-state index in [1.165, 1.54) is 11.3 Å². The average molecular weight is 436 g/mol. The lowest BCUT2D eigenvalue weighted by atomic mass is 10.0. The minimum Gasteiger partial charge on any atom is -0.368 e. The van der Waals surface area contributed by atoms with E-state index in [-0.39, 0.29) is 30.3 Å². The second-order valence-electron chi connectivity index (χ2n) is 7.70. The third-order valence-electron chi connectivity index (χ3n) is 5.78. The molecule has 2 amide bonds. The van der Waals surface area contributed by atoms with Gasteiger partial charge in [-0.25, -0.2) is 4.98 Å². The summed E-state index contributed by atoms with van der Waals surface area (Å²) in [5, 5.41) is 2.88. The summed E-state index contributed by atoms with van der Waals surface area (Å²) >= 11 is 1.50. The zero-order chi connectivity index (χ0) is 21.4. The predicted octanol–water partition coefficient (Wildman–Crippen LogP) is 1.60. The number of aromatic nitrogens is 2. The zero-order valence-electron chi connectivity index (χ0n) is 16.6. The Morgan fingerprint density at radius 3 is 2.94 bits per heavy atom. The SMILES string of the molecule is O=C(NC(Cc1ccncc1)C(=O)N1CCC2OCC(=O)C21)c1ccc2scnc2c1. The van der Waals surface area contributed by atoms with Gasteiger partial charge in [0.25, 0.3) is 5.91 Å². The van der Waals surface area contributed by atoms with Crippen LogP contribution >= 0.6 is 11.3 Å². The molecule has 2 aliphatic heterocycles. The second kappa shape index (κ2) is 8.16. The number of nitrogens with zero attached hydrogens (tertiary/aromatic N) is 3. The molecule has 31 heavy (non-hydrogen) atoms. The van der Waals surface area contributed by atoms with Crippen LogP contribution in [-0.4, -0.2) is 63.8 Å². The largest absolute Gasteiger partial charge is 0.368 e. The quantitative estimate of drug-likeness (QED) is 0.652. The van der Waals surface area contributed by atoms with Gasteiger partial charge in [0.1, 0.15) is 18.7 Å². The van der Waals surface area contributed by atoms with Gasteiger partial charge in [0.05, 0.1) is 21.8 Å². The number of ketones is 1. The highest BCUT2D eigenvalue weighted by Crippen LogP contribution is 2.28. The van der Waals surface area contributed by atoms with Crippen LogP contribution in [0.1, 0.15) is 22.3 Å². The molecule has 0 radical (unpaired) electrons. The van der Waals surface area contributed by atoms with Gasteiger partial charge in [0.2, 0.25) is 5.91 Å². The van der Waals surface area contributed by atoms with Crippen LogP contribution < -0.4 is 5.32 Å². The Hall–Kier alpha value is -3.17. The van der Waals surface area contributed by atoms with Gasteiger partial charge in [-0.2, -0.15) is 0 Å². The number of nitrogens with one attached hydrogen (secondary N) is 1. The van der Waals surface area contributed by atoms with E-state index in [4.69, 9.17) is 4.74 Å². The Bertz CT molecular complexity index is 1150. The molecular weight excluding hydrogens is 416 g/mol. The lowest BCUT2D eigenvalue weighted by Crippen LogP contribution is -2.53. The molecule has 2 fully saturated rings. The van der Waals surface area contributed by atoms with Crippen LogP contribution in [-0.2, 0) is 20.7 Å². The number of Topliss-reactive ketones (excluding diaryl/α,β-unsaturated/α-hetero) is 1. The monoisotopic (exact) mass is 436 g/mol. The molecule has 1 aromatic carbocycles. The summed E-state index contributed by atoms with van der Waals surface area (Å²) in [5.74, 6) is -0.711. The molecule has 9 heteroatoms. The van der Waals surface area contributed by atoms with Crippen LogP contribution in [0.15, 0.2) is 48.2 Å². The van der Waals surface area contributed by atoms with E-state index in [2.05, 4.69) is 15.3 Å². The van der Waals surface area contributed by atoms with Crippen molar-refractivity contribution < 1.29 is 19.1 Å². The van der Waals surface area contributed by atoms with Crippen molar-refractivity contribution in [2.24, 2.45) is 0 Å². The molecule has 3 aromatic rings. The van der Waals surface area contributed by atoms with Crippen molar-refractivity contribution in [2.45, 2.75) is 31.0 Å². The molecule has 8 nitrogen and oxygen atoms in total. The molecule has 0 saturated carbocycles. The minimum atomic E-state index is -0.812. The van der Waals surface area contributed by atoms with E-state index in [9.17, 15) is 14.4 Å². The first-order valence-corrected chi connectivity index (χ1v) is 11.0. The highest BCUT2D eigenvalue weighted by atomic mass is 32.1. The summed E-state index contributed by atoms with van der Waals surface area (Å²) in [6.45, 7) is 0.474. The maximum Gasteiger partial charge on any atom is 0.252 e. The van der Waals surface area contributed by atoms with Crippen LogP contribution in [0.2, 0.25) is 0 Å². The molecular formula is C22H20N4O4S. The van der Waals surface area contributed by atoms with Crippen LogP contribution in [0.3, 0.4) is 0 Å². The fourth-order valence-corrected chi connectivity index (χ4v) is 4.90. The molecule has 1 N–H and O–H groups in total. The van der Waals surface area contributed by atoms with Crippen molar-refractivity contribution in [1.29, 1.82) is 0 Å². The van der Waals surface area contributed by atoms with Gasteiger partial charge < -0.3 is 15.0 Å². The van der Waals surface area contributed by atoms with Crippen molar-refractivity contribution in [3.8, 4) is 0 Å². The van der Waals surface area contributed by atoms with Gasteiger partial charge in [0, 0.05) is 30.9 Å². The molecule has 2 saturated heterocycles. The number of carbonyl (C=O) groups excluding carboxylic acids is 3. The molecule has 4 heterocycles. The number of benzene rings is 1. The number of carbonyl (C=O) groups is 3. The Kier molecular flexibility index (Phi) is 5.21. The normalized spacial score (nSPS) is 21.3. The third-order valence-corrected chi connectivity index (χ3v) is 6.59. The van der Waals surface area contributed by atoms with Crippen molar-refractivity contribution in [3.63, 3.8) is 0 Å². The van der Waals surface area contributed by atoms with Crippen molar-refractivity contribution in [2.75, 3.05) is 13.2 Å². The van der Waals surface area contributed by atoms with Crippen LogP contribution in [0.25, 0.3) is 10.2 Å². The topological polar surface area (TPSA) is 101 Å². The number of rotatable bonds is 5. The van der Waals surface area contributed by atoms with Gasteiger partial charge in [-0.1, -0.05) is 0 Å². The summed E-state index contributed by atoms with van der Waals surface area (Å²) < 4.78 is 6.50. The molecule has 0 aliphatic carbocycles. The molecule has 3 atom stereocenters. The summed E-state index contributed by atoms with van der Waals surface area (Å²) in [7, 11) is 0. The van der Waals surface area contributed by atoms with E-state index in [1.54, 1.807) is 34.9 Å². The van der Waals surface area contributed by atoms with E-state index in [0.717, 1.165) is 15.8 Å². The first-order valence-electron chi connectivity index (χ1n) is 10.1. The van der Waals surface area contributed by atoms with E-state index < -0.39 is 12.1 Å². The van der Waals surface area contributed by atoms with E-state index >= 15 is 0 Å². The van der Waals surface area contributed by atoms with E-state index in [0.29, 0.717) is 24.9 Å². The van der Waals surface area contributed by atoms with Crippen molar-refractivity contribution in [3.05, 3.63) is 59.4 Å². The first-order chi connectivity index (χ1) is 15.1. The van der Waals surface area contributed by atoms with Crippen LogP contribution in [0.4, 0.5) is 0 Å². The maximum atomic E-state index is 13.5. The number of pyridine rings is 1. The highest BCUT2D eigenvalue weighted by Gasteiger charge is 2.48. The molecule has 0 bridgehead atoms. The van der Waals surface area contributed by atoms with Gasteiger partial charge in [-0.15, -0.1) is 11.3 Å². The van der Waals surface area contributed by atoms with Crippen LogP contribution in [0, 0.1) is 0 Å². The zero-order valence-corrected chi connectivity index (χ0v) is 17.4. The van der Waals surface area contributed by atoms with Gasteiger partial charge >= 0.3 is 0 Å². The smallest absolute Gasteiger partial charge is 0.252 e. The Morgan fingerprint density at radius 2 is 2.10 bits per heavy atom. The summed E-state index contributed by atoms with van der Waals surface area (Å²) in [6.07, 6.45) is 3.97. The first kappa shape index (κ1) is 19.8. The number of ether oxygens (including phenoxy) is 1. The fourth-order valence-electron chi connectivity index (χ4n) is 4.24. The lowest BCUT2D eigenvalue weighted by molar-refractivity contribution is -0.138. The minimum absolute atomic E-state index is 0.0359. The second-order valence-corrected chi connectivity index (χ2v) is 8.59. The highest BCUT2D eigenvalue weighted by molar-refractivity contribution is 7.16. The Labute approximate surface area is 182 Å². The molecule has 2 aliphatic rings. The number of fused-ring (bicyclic) bond motifs is 2. The molecule has 3 unspecified atom stereocenters. The van der Waals surface area contributed by atoms with Crippen molar-refractivity contribution >= 4 is 39.2 Å². The maximum absolute atomic E-state index is 13.5. The van der Waals surface area contributed by atoms with Crippen molar-refractivity contribution in [1.82, 2.24) is 20.2 Å². The standard InChI is InChI=1S/C22H20N4O4S/c27-17-11-30-18-5-8-26(20(17)18)22(29)16(9-13-3-6-23-7-4-13)25-21(28)14-1-2-19-15(10-14)24-12-31-19/h1-4,6-7,10,12,16,18,20H,5,8-9,11H2,(H,25,28). The average Bonchev–Trinajstić information content (AvgIpc) is 3.51. The van der Waals surface area contributed by atoms with Crippen LogP contribution in [0.5, 0.6) is 0 Å². The number of amides is 2. The molecule has 158 valence electrons. The molecule has 2 aromatic heterocycles. The molecule has 5 rings (SSSR count). The van der Waals surface area contributed by atoms with Gasteiger partial charge in [-0.3, -0.25) is 19.4 Å². The summed E-state index contributed by atoms with van der Waals surface area (Å²) in [5.41, 5.74) is 3.77. The summed E-state index contributed by atoms with van der Waals surface area (Å²) in [6, 6.07) is 7.54. The number of likely N-dealkylation sites (tertiary alicyclic amines) is 1. The van der Waals surface area contributed by atoms with Gasteiger partial charge in [-0.05, 0) is 42.3 Å². The number of hydrogen-bond acceptors (Lipinski definition) is 7. The number of thiazole rings is 1. The Balaban J connectivity index is 1.40. The predicted molar refractivity (Wildman–Crippen MR) is 114 cm³/mol.